The summed E-state index contributed by atoms with van der Waals surface area (Å²) in [5.74, 6) is 0.00462. The van der Waals surface area contributed by atoms with Gasteiger partial charge in [0.2, 0.25) is 0 Å². The van der Waals surface area contributed by atoms with Crippen LogP contribution in [0.15, 0.2) is 57.7 Å². The van der Waals surface area contributed by atoms with E-state index in [9.17, 15) is 9.59 Å². The number of aromatic amines is 1. The van der Waals surface area contributed by atoms with Gasteiger partial charge in [-0.15, -0.1) is 0 Å². The Morgan fingerprint density at radius 2 is 1.80 bits per heavy atom. The highest BCUT2D eigenvalue weighted by Gasteiger charge is 2.14. The Morgan fingerprint density at radius 1 is 1.04 bits per heavy atom. The number of aromatic nitrogens is 3. The molecule has 25 heavy (non-hydrogen) atoms. The monoisotopic (exact) mass is 334 g/mol. The second kappa shape index (κ2) is 6.20. The Morgan fingerprint density at radius 3 is 2.64 bits per heavy atom. The summed E-state index contributed by atoms with van der Waals surface area (Å²) in [4.78, 5) is 35.4. The number of hydrogen-bond acceptors (Lipinski definition) is 5. The van der Waals surface area contributed by atoms with Gasteiger partial charge in [0.25, 0.3) is 11.5 Å². The van der Waals surface area contributed by atoms with Crippen LogP contribution in [0.4, 0.5) is 0 Å². The van der Waals surface area contributed by atoms with E-state index < -0.39 is 11.5 Å². The second-order valence-corrected chi connectivity index (χ2v) is 5.51. The third-order valence-corrected chi connectivity index (χ3v) is 3.78. The summed E-state index contributed by atoms with van der Waals surface area (Å²) >= 11 is 0. The summed E-state index contributed by atoms with van der Waals surface area (Å²) in [5.41, 5.74) is 1.96. The molecule has 0 aliphatic rings. The molecule has 0 fully saturated rings. The zero-order valence-corrected chi connectivity index (χ0v) is 13.2. The molecule has 7 nitrogen and oxygen atoms in total. The first-order valence-electron chi connectivity index (χ1n) is 7.82. The molecule has 4 aromatic rings. The largest absolute Gasteiger partial charge is 0.441 e. The van der Waals surface area contributed by atoms with Crippen molar-refractivity contribution in [2.75, 3.05) is 6.54 Å². The molecule has 1 amide bonds. The van der Waals surface area contributed by atoms with Crippen LogP contribution in [0.3, 0.4) is 0 Å². The maximum atomic E-state index is 12.2. The third kappa shape index (κ3) is 2.99. The topological polar surface area (TPSA) is 101 Å². The van der Waals surface area contributed by atoms with Crippen LogP contribution in [0.5, 0.6) is 0 Å². The van der Waals surface area contributed by atoms with E-state index in [1.807, 2.05) is 24.3 Å². The van der Waals surface area contributed by atoms with E-state index in [2.05, 4.69) is 20.3 Å². The molecule has 0 saturated carbocycles. The molecule has 0 saturated heterocycles. The number of nitrogens with one attached hydrogen (secondary N) is 2. The number of nitrogens with zero attached hydrogens (tertiary/aromatic N) is 2. The summed E-state index contributed by atoms with van der Waals surface area (Å²) in [6.45, 7) is 0.291. The zero-order valence-electron chi connectivity index (χ0n) is 13.2. The zero-order chi connectivity index (χ0) is 17.2. The van der Waals surface area contributed by atoms with E-state index in [1.165, 1.54) is 0 Å². The standard InChI is InChI=1S/C18H14N4O3/c23-17(16-18(24)22-12-6-2-1-5-11(12)21-16)19-10-9-15-20-13-7-3-4-8-14(13)25-15/h1-8H,9-10H2,(H,19,23)(H,22,24). The molecule has 0 spiro atoms. The van der Waals surface area contributed by atoms with Gasteiger partial charge in [0.15, 0.2) is 17.2 Å². The predicted molar refractivity (Wildman–Crippen MR) is 92.4 cm³/mol. The molecule has 0 radical (unpaired) electrons. The van der Waals surface area contributed by atoms with Gasteiger partial charge in [0, 0.05) is 13.0 Å². The normalized spacial score (nSPS) is 11.0. The molecule has 4 rings (SSSR count). The number of carbonyl (C=O) groups excluding carboxylic acids is 1. The number of benzene rings is 2. The van der Waals surface area contributed by atoms with Crippen LogP contribution in [0.1, 0.15) is 16.4 Å². The molecule has 0 unspecified atom stereocenters. The number of rotatable bonds is 4. The van der Waals surface area contributed by atoms with Gasteiger partial charge in [0.1, 0.15) is 5.52 Å². The molecular formula is C18H14N4O3. The van der Waals surface area contributed by atoms with Crippen LogP contribution in [0, 0.1) is 0 Å². The van der Waals surface area contributed by atoms with Crippen molar-refractivity contribution in [1.29, 1.82) is 0 Å². The molecular weight excluding hydrogens is 320 g/mol. The van der Waals surface area contributed by atoms with Gasteiger partial charge in [-0.3, -0.25) is 9.59 Å². The van der Waals surface area contributed by atoms with E-state index >= 15 is 0 Å². The quantitative estimate of drug-likeness (QED) is 0.595. The maximum absolute atomic E-state index is 12.2. The molecule has 2 heterocycles. The van der Waals surface area contributed by atoms with Crippen molar-refractivity contribution in [2.45, 2.75) is 6.42 Å². The summed E-state index contributed by atoms with van der Waals surface area (Å²) in [6.07, 6.45) is 0.423. The van der Waals surface area contributed by atoms with Crippen LogP contribution in [-0.4, -0.2) is 27.4 Å². The first-order chi connectivity index (χ1) is 12.2. The number of fused-ring (bicyclic) bond motifs is 2. The van der Waals surface area contributed by atoms with Crippen LogP contribution in [0.25, 0.3) is 22.1 Å². The van der Waals surface area contributed by atoms with Crippen molar-refractivity contribution in [3.8, 4) is 0 Å². The summed E-state index contributed by atoms with van der Waals surface area (Å²) < 4.78 is 5.59. The lowest BCUT2D eigenvalue weighted by molar-refractivity contribution is 0.0947. The average Bonchev–Trinajstić information content (AvgIpc) is 3.03. The van der Waals surface area contributed by atoms with E-state index in [0.29, 0.717) is 35.5 Å². The average molecular weight is 334 g/mol. The highest BCUT2D eigenvalue weighted by Crippen LogP contribution is 2.14. The van der Waals surface area contributed by atoms with Crippen molar-refractivity contribution in [3.05, 3.63) is 70.5 Å². The molecule has 0 aliphatic heterocycles. The van der Waals surface area contributed by atoms with Crippen molar-refractivity contribution >= 4 is 28.0 Å². The third-order valence-electron chi connectivity index (χ3n) is 3.78. The van der Waals surface area contributed by atoms with Gasteiger partial charge in [-0.2, -0.15) is 0 Å². The Bertz CT molecular complexity index is 1100. The number of hydrogen-bond donors (Lipinski definition) is 2. The first-order valence-corrected chi connectivity index (χ1v) is 7.82. The first kappa shape index (κ1) is 15.1. The van der Waals surface area contributed by atoms with Gasteiger partial charge in [-0.1, -0.05) is 24.3 Å². The van der Waals surface area contributed by atoms with Gasteiger partial charge in [-0.25, -0.2) is 9.97 Å². The minimum Gasteiger partial charge on any atom is -0.441 e. The SMILES string of the molecule is O=C(NCCc1nc2ccccc2o1)c1nc2ccccc2[nH]c1=O. The number of carbonyl (C=O) groups is 1. The highest BCUT2D eigenvalue weighted by molar-refractivity contribution is 5.93. The van der Waals surface area contributed by atoms with Gasteiger partial charge < -0.3 is 14.7 Å². The predicted octanol–water partition coefficient (Wildman–Crippen LogP) is 2.04. The van der Waals surface area contributed by atoms with Crippen LogP contribution in [-0.2, 0) is 6.42 Å². The highest BCUT2D eigenvalue weighted by atomic mass is 16.3. The van der Waals surface area contributed by atoms with E-state index in [1.54, 1.807) is 24.3 Å². The van der Waals surface area contributed by atoms with Crippen molar-refractivity contribution < 1.29 is 9.21 Å². The Kier molecular flexibility index (Phi) is 3.74. The molecule has 124 valence electrons. The fourth-order valence-corrected chi connectivity index (χ4v) is 2.58. The number of oxazole rings is 1. The minimum absolute atomic E-state index is 0.156. The molecule has 0 aliphatic carbocycles. The van der Waals surface area contributed by atoms with Crippen molar-refractivity contribution in [1.82, 2.24) is 20.3 Å². The molecule has 7 heteroatoms. The van der Waals surface area contributed by atoms with Crippen LogP contribution >= 0.6 is 0 Å². The molecule has 2 aromatic carbocycles. The minimum atomic E-state index is -0.525. The Balaban J connectivity index is 1.47. The molecule has 0 bridgehead atoms. The second-order valence-electron chi connectivity index (χ2n) is 5.51. The van der Waals surface area contributed by atoms with E-state index in [4.69, 9.17) is 4.42 Å². The fourth-order valence-electron chi connectivity index (χ4n) is 2.58. The van der Waals surface area contributed by atoms with Crippen molar-refractivity contribution in [3.63, 3.8) is 0 Å². The number of amides is 1. The van der Waals surface area contributed by atoms with Crippen LogP contribution < -0.4 is 10.9 Å². The number of H-pyrrole nitrogens is 1. The number of para-hydroxylation sites is 4. The fraction of sp³-hybridized carbons (Fsp3) is 0.111. The summed E-state index contributed by atoms with van der Waals surface area (Å²) in [6, 6.07) is 14.5. The smallest absolute Gasteiger partial charge is 0.280 e. The Hall–Kier alpha value is -3.48. The van der Waals surface area contributed by atoms with Crippen LogP contribution in [0.2, 0.25) is 0 Å². The van der Waals surface area contributed by atoms with Gasteiger partial charge in [0.05, 0.1) is 11.0 Å². The Labute approximate surface area is 141 Å². The maximum Gasteiger partial charge on any atom is 0.280 e. The van der Waals surface area contributed by atoms with Crippen molar-refractivity contribution in [2.24, 2.45) is 0 Å². The summed E-state index contributed by atoms with van der Waals surface area (Å²) in [5, 5.41) is 2.68. The van der Waals surface area contributed by atoms with Gasteiger partial charge in [-0.05, 0) is 24.3 Å². The molecule has 0 atom stereocenters. The summed E-state index contributed by atoms with van der Waals surface area (Å²) in [7, 11) is 0. The van der Waals surface area contributed by atoms with Gasteiger partial charge >= 0.3 is 0 Å². The molecule has 2 N–H and O–H groups in total. The lowest BCUT2D eigenvalue weighted by Crippen LogP contribution is -2.32. The van der Waals surface area contributed by atoms with E-state index in [0.717, 1.165) is 5.52 Å². The lowest BCUT2D eigenvalue weighted by Gasteiger charge is -2.04. The van der Waals surface area contributed by atoms with E-state index in [-0.39, 0.29) is 5.69 Å². The lowest BCUT2D eigenvalue weighted by atomic mass is 10.3. The molecule has 2 aromatic heterocycles.